The number of hydrogen-bond acceptors (Lipinski definition) is 6. The highest BCUT2D eigenvalue weighted by molar-refractivity contribution is 9.11. The molecule has 2 aromatic rings. The predicted molar refractivity (Wildman–Crippen MR) is 85.0 cm³/mol. The van der Waals surface area contributed by atoms with Gasteiger partial charge < -0.3 is 9.52 Å². The number of aromatic nitrogens is 2. The van der Waals surface area contributed by atoms with Gasteiger partial charge in [0.15, 0.2) is 0 Å². The van der Waals surface area contributed by atoms with Crippen molar-refractivity contribution >= 4 is 27.3 Å². The van der Waals surface area contributed by atoms with Crippen molar-refractivity contribution in [1.82, 2.24) is 15.1 Å². The first-order valence-electron chi connectivity index (χ1n) is 7.16. The third kappa shape index (κ3) is 3.91. The average molecular weight is 372 g/mol. The normalized spacial score (nSPS) is 20.0. The van der Waals surface area contributed by atoms with Gasteiger partial charge in [0, 0.05) is 13.2 Å². The van der Waals surface area contributed by atoms with Crippen molar-refractivity contribution in [2.24, 2.45) is 5.92 Å². The minimum atomic E-state index is 0.274. The molecule has 7 heteroatoms. The second-order valence-electron chi connectivity index (χ2n) is 5.36. The Labute approximate surface area is 136 Å². The largest absolute Gasteiger partial charge is 0.419 e. The lowest BCUT2D eigenvalue weighted by molar-refractivity contribution is 0.133. The van der Waals surface area contributed by atoms with E-state index in [0.29, 0.717) is 24.2 Å². The predicted octanol–water partition coefficient (Wildman–Crippen LogP) is 3.16. The third-order valence-electron chi connectivity index (χ3n) is 3.75. The van der Waals surface area contributed by atoms with Crippen LogP contribution in [0, 0.1) is 5.92 Å². The molecule has 0 aromatic carbocycles. The zero-order chi connectivity index (χ0) is 14.7. The number of rotatable bonds is 5. The molecule has 21 heavy (non-hydrogen) atoms. The molecular formula is C14H18BrN3O2S. The van der Waals surface area contributed by atoms with Gasteiger partial charge in [-0.15, -0.1) is 21.5 Å². The van der Waals surface area contributed by atoms with E-state index in [1.165, 1.54) is 12.8 Å². The topological polar surface area (TPSA) is 62.4 Å². The molecule has 0 aliphatic carbocycles. The number of aliphatic hydroxyl groups excluding tert-OH is 1. The van der Waals surface area contributed by atoms with E-state index in [1.54, 1.807) is 11.3 Å². The Hall–Kier alpha value is -0.760. The second-order valence-corrected chi connectivity index (χ2v) is 7.82. The highest BCUT2D eigenvalue weighted by Gasteiger charge is 2.21. The summed E-state index contributed by atoms with van der Waals surface area (Å²) in [7, 11) is 0. The van der Waals surface area contributed by atoms with Gasteiger partial charge in [-0.25, -0.2) is 0 Å². The highest BCUT2D eigenvalue weighted by atomic mass is 79.9. The quantitative estimate of drug-likeness (QED) is 0.874. The fraction of sp³-hybridized carbons (Fsp3) is 0.571. The van der Waals surface area contributed by atoms with Gasteiger partial charge in [0.25, 0.3) is 5.89 Å². The first kappa shape index (κ1) is 15.1. The molecule has 5 nitrogen and oxygen atoms in total. The molecule has 1 aliphatic heterocycles. The zero-order valence-electron chi connectivity index (χ0n) is 11.7. The van der Waals surface area contributed by atoms with Crippen LogP contribution in [0.2, 0.25) is 0 Å². The lowest BCUT2D eigenvalue weighted by atomic mass is 9.95. The lowest BCUT2D eigenvalue weighted by Crippen LogP contribution is -2.35. The maximum absolute atomic E-state index is 9.06. The minimum Gasteiger partial charge on any atom is -0.419 e. The Morgan fingerprint density at radius 3 is 3.10 bits per heavy atom. The van der Waals surface area contributed by atoms with E-state index < -0.39 is 0 Å². The van der Waals surface area contributed by atoms with Crippen LogP contribution in [0.4, 0.5) is 0 Å². The fourth-order valence-corrected chi connectivity index (χ4v) is 4.06. The van der Waals surface area contributed by atoms with Crippen LogP contribution >= 0.6 is 27.3 Å². The molecule has 1 fully saturated rings. The number of piperidine rings is 1. The smallest absolute Gasteiger partial charge is 0.257 e. The summed E-state index contributed by atoms with van der Waals surface area (Å²) in [5.41, 5.74) is 0. The third-order valence-corrected chi connectivity index (χ3v) is 5.36. The van der Waals surface area contributed by atoms with Crippen molar-refractivity contribution in [1.29, 1.82) is 0 Å². The summed E-state index contributed by atoms with van der Waals surface area (Å²) in [5, 5.41) is 17.3. The molecule has 2 aromatic heterocycles. The zero-order valence-corrected chi connectivity index (χ0v) is 14.1. The first-order chi connectivity index (χ1) is 10.2. The maximum atomic E-state index is 9.06. The molecule has 0 bridgehead atoms. The molecule has 0 saturated carbocycles. The van der Waals surface area contributed by atoms with E-state index in [4.69, 9.17) is 9.52 Å². The van der Waals surface area contributed by atoms with Crippen LogP contribution in [-0.2, 0) is 6.54 Å². The number of hydrogen-bond donors (Lipinski definition) is 1. The Kier molecular flexibility index (Phi) is 5.05. The number of thiophene rings is 1. The standard InChI is InChI=1S/C14H18BrN3O2S/c15-12-4-3-11(21-12)14-17-16-13(20-14)9-18-6-1-2-10(8-18)5-7-19/h3-4,10,19H,1-2,5-9H2. The molecule has 1 atom stereocenters. The minimum absolute atomic E-state index is 0.274. The van der Waals surface area contributed by atoms with E-state index in [9.17, 15) is 0 Å². The van der Waals surface area contributed by atoms with E-state index in [2.05, 4.69) is 31.0 Å². The number of halogens is 1. The van der Waals surface area contributed by atoms with Gasteiger partial charge in [0.05, 0.1) is 15.2 Å². The van der Waals surface area contributed by atoms with E-state index >= 15 is 0 Å². The van der Waals surface area contributed by atoms with Gasteiger partial charge in [-0.05, 0) is 59.8 Å². The van der Waals surface area contributed by atoms with Crippen LogP contribution in [0.5, 0.6) is 0 Å². The summed E-state index contributed by atoms with van der Waals surface area (Å²) in [5.74, 6) is 1.84. The summed E-state index contributed by atoms with van der Waals surface area (Å²) in [6.45, 7) is 3.03. The van der Waals surface area contributed by atoms with Crippen molar-refractivity contribution in [3.8, 4) is 10.8 Å². The van der Waals surface area contributed by atoms with Crippen LogP contribution in [0.3, 0.4) is 0 Å². The Morgan fingerprint density at radius 2 is 2.33 bits per heavy atom. The summed E-state index contributed by atoms with van der Waals surface area (Å²) in [6.07, 6.45) is 3.26. The van der Waals surface area contributed by atoms with E-state index in [-0.39, 0.29) is 6.61 Å². The van der Waals surface area contributed by atoms with Crippen molar-refractivity contribution < 1.29 is 9.52 Å². The van der Waals surface area contributed by atoms with Gasteiger partial charge in [-0.2, -0.15) is 0 Å². The molecule has 0 amide bonds. The van der Waals surface area contributed by atoms with Gasteiger partial charge >= 0.3 is 0 Å². The van der Waals surface area contributed by atoms with Crippen molar-refractivity contribution in [2.75, 3.05) is 19.7 Å². The summed E-state index contributed by atoms with van der Waals surface area (Å²) in [4.78, 5) is 3.32. The lowest BCUT2D eigenvalue weighted by Gasteiger charge is -2.31. The first-order valence-corrected chi connectivity index (χ1v) is 8.77. The molecule has 3 heterocycles. The summed E-state index contributed by atoms with van der Waals surface area (Å²) in [6, 6.07) is 3.96. The van der Waals surface area contributed by atoms with Crippen LogP contribution in [-0.4, -0.2) is 39.9 Å². The molecule has 114 valence electrons. The molecule has 1 saturated heterocycles. The molecule has 1 aliphatic rings. The SMILES string of the molecule is OCCC1CCCN(Cc2nnc(-c3ccc(Br)s3)o2)C1. The van der Waals surface area contributed by atoms with Gasteiger partial charge in [-0.3, -0.25) is 4.90 Å². The molecule has 0 radical (unpaired) electrons. The van der Waals surface area contributed by atoms with Crippen molar-refractivity contribution in [3.05, 3.63) is 21.8 Å². The van der Waals surface area contributed by atoms with Crippen LogP contribution < -0.4 is 0 Å². The number of aliphatic hydroxyl groups is 1. The number of nitrogens with zero attached hydrogens (tertiary/aromatic N) is 3. The molecule has 1 N–H and O–H groups in total. The van der Waals surface area contributed by atoms with Gasteiger partial charge in [0.2, 0.25) is 5.89 Å². The monoisotopic (exact) mass is 371 g/mol. The summed E-state index contributed by atoms with van der Waals surface area (Å²) >= 11 is 5.02. The Bertz CT molecular complexity index is 584. The van der Waals surface area contributed by atoms with E-state index in [0.717, 1.165) is 28.2 Å². The average Bonchev–Trinajstić information content (AvgIpc) is 3.09. The van der Waals surface area contributed by atoms with E-state index in [1.807, 2.05) is 12.1 Å². The fourth-order valence-electron chi connectivity index (χ4n) is 2.75. The maximum Gasteiger partial charge on any atom is 0.257 e. The molecule has 3 rings (SSSR count). The molecular weight excluding hydrogens is 354 g/mol. The van der Waals surface area contributed by atoms with Crippen LogP contribution in [0.1, 0.15) is 25.2 Å². The Balaban J connectivity index is 1.61. The van der Waals surface area contributed by atoms with Crippen molar-refractivity contribution in [2.45, 2.75) is 25.8 Å². The van der Waals surface area contributed by atoms with Crippen LogP contribution in [0.25, 0.3) is 10.8 Å². The second kappa shape index (κ2) is 7.00. The highest BCUT2D eigenvalue weighted by Crippen LogP contribution is 2.30. The van der Waals surface area contributed by atoms with Crippen LogP contribution in [0.15, 0.2) is 20.3 Å². The summed E-state index contributed by atoms with van der Waals surface area (Å²) < 4.78 is 6.81. The number of likely N-dealkylation sites (tertiary alicyclic amines) is 1. The molecule has 0 spiro atoms. The Morgan fingerprint density at radius 1 is 1.43 bits per heavy atom. The molecule has 1 unspecified atom stereocenters. The van der Waals surface area contributed by atoms with Crippen molar-refractivity contribution in [3.63, 3.8) is 0 Å². The van der Waals surface area contributed by atoms with Gasteiger partial charge in [-0.1, -0.05) is 0 Å². The van der Waals surface area contributed by atoms with Gasteiger partial charge in [0.1, 0.15) is 0 Å².